The van der Waals surface area contributed by atoms with Gasteiger partial charge in [-0.25, -0.2) is 0 Å². The predicted octanol–water partition coefficient (Wildman–Crippen LogP) is 2.39. The molecule has 1 aromatic rings. The number of amides is 1. The average Bonchev–Trinajstić information content (AvgIpc) is 3.45. The Morgan fingerprint density at radius 2 is 2.00 bits per heavy atom. The smallest absolute Gasteiger partial charge is 0.273 e. The van der Waals surface area contributed by atoms with Crippen molar-refractivity contribution in [1.29, 1.82) is 0 Å². The third kappa shape index (κ3) is 3.08. The Bertz CT molecular complexity index is 704. The Kier molecular flexibility index (Phi) is 4.11. The van der Waals surface area contributed by atoms with Crippen molar-refractivity contribution in [3.05, 3.63) is 33.9 Å². The molecule has 7 heteroatoms. The molecule has 2 atom stereocenters. The van der Waals surface area contributed by atoms with E-state index in [1.165, 1.54) is 37.9 Å². The maximum Gasteiger partial charge on any atom is 0.273 e. The number of fused-ring (bicyclic) bond motifs is 1. The number of benzene rings is 1. The first kappa shape index (κ1) is 16.3. The van der Waals surface area contributed by atoms with Gasteiger partial charge >= 0.3 is 0 Å². The van der Waals surface area contributed by atoms with Crippen LogP contribution < -0.4 is 0 Å². The molecule has 25 heavy (non-hydrogen) atoms. The summed E-state index contributed by atoms with van der Waals surface area (Å²) >= 11 is 0. The van der Waals surface area contributed by atoms with E-state index >= 15 is 0 Å². The Morgan fingerprint density at radius 3 is 2.68 bits per heavy atom. The van der Waals surface area contributed by atoms with Crippen molar-refractivity contribution < 1.29 is 14.8 Å². The number of likely N-dealkylation sites (tertiary alicyclic amines) is 2. The molecule has 1 amide bonds. The number of carbonyl (C=O) groups is 1. The molecule has 4 rings (SSSR count). The standard InChI is InChI=1S/C18H23N3O4/c22-17-10-14(21(24)25)5-6-15(17)18(23)19-9-7-16-12(11-19)2-1-8-20(16)13-3-4-13/h5-6,10,12-13,16,22H,1-4,7-9,11H2. The third-order valence-electron chi connectivity index (χ3n) is 5.84. The molecule has 1 saturated carbocycles. The number of piperidine rings is 2. The van der Waals surface area contributed by atoms with Crippen LogP contribution in [0, 0.1) is 16.0 Å². The molecule has 1 N–H and O–H groups in total. The van der Waals surface area contributed by atoms with Gasteiger partial charge in [0.05, 0.1) is 16.6 Å². The topological polar surface area (TPSA) is 86.9 Å². The molecule has 0 spiro atoms. The van der Waals surface area contributed by atoms with Gasteiger partial charge in [-0.1, -0.05) is 0 Å². The highest BCUT2D eigenvalue weighted by Crippen LogP contribution is 2.38. The predicted molar refractivity (Wildman–Crippen MR) is 91.5 cm³/mol. The minimum absolute atomic E-state index is 0.152. The lowest BCUT2D eigenvalue weighted by atomic mass is 9.83. The minimum atomic E-state index is -0.575. The number of carbonyl (C=O) groups excluding carboxylic acids is 1. The van der Waals surface area contributed by atoms with Gasteiger partial charge < -0.3 is 10.0 Å². The van der Waals surface area contributed by atoms with Crippen molar-refractivity contribution >= 4 is 11.6 Å². The van der Waals surface area contributed by atoms with Crippen LogP contribution in [0.25, 0.3) is 0 Å². The fourth-order valence-electron chi connectivity index (χ4n) is 4.47. The van der Waals surface area contributed by atoms with Gasteiger partial charge in [0.25, 0.3) is 11.6 Å². The SMILES string of the molecule is O=C(c1ccc([N+](=O)[O-])cc1O)N1CCC2C(CCCN2C2CC2)C1. The van der Waals surface area contributed by atoms with Crippen molar-refractivity contribution in [3.8, 4) is 5.75 Å². The number of phenolic OH excluding ortho intramolecular Hbond substituents is 1. The monoisotopic (exact) mass is 345 g/mol. The number of nitrogens with zero attached hydrogens (tertiary/aromatic N) is 3. The van der Waals surface area contributed by atoms with Crippen LogP contribution in [0.5, 0.6) is 5.75 Å². The number of hydrogen-bond acceptors (Lipinski definition) is 5. The van der Waals surface area contributed by atoms with E-state index in [0.717, 1.165) is 24.9 Å². The highest BCUT2D eigenvalue weighted by molar-refractivity contribution is 5.97. The summed E-state index contributed by atoms with van der Waals surface area (Å²) in [6.45, 7) is 2.58. The van der Waals surface area contributed by atoms with Crippen LogP contribution in [-0.2, 0) is 0 Å². The summed E-state index contributed by atoms with van der Waals surface area (Å²) in [4.78, 5) is 27.4. The molecule has 2 saturated heterocycles. The zero-order chi connectivity index (χ0) is 17.6. The van der Waals surface area contributed by atoms with Gasteiger partial charge in [0.2, 0.25) is 0 Å². The molecule has 2 heterocycles. The van der Waals surface area contributed by atoms with Gasteiger partial charge in [-0.2, -0.15) is 0 Å². The van der Waals surface area contributed by atoms with Gasteiger partial charge in [-0.3, -0.25) is 19.8 Å². The van der Waals surface area contributed by atoms with Gasteiger partial charge in [-0.05, 0) is 50.6 Å². The maximum atomic E-state index is 12.8. The number of hydrogen-bond donors (Lipinski definition) is 1. The van der Waals surface area contributed by atoms with Gasteiger partial charge in [0, 0.05) is 31.2 Å². The molecule has 3 fully saturated rings. The van der Waals surface area contributed by atoms with Crippen LogP contribution in [0.4, 0.5) is 5.69 Å². The quantitative estimate of drug-likeness (QED) is 0.671. The Morgan fingerprint density at radius 1 is 1.20 bits per heavy atom. The van der Waals surface area contributed by atoms with Crippen LogP contribution in [0.1, 0.15) is 42.5 Å². The summed E-state index contributed by atoms with van der Waals surface area (Å²) in [5, 5.41) is 20.8. The van der Waals surface area contributed by atoms with Crippen molar-refractivity contribution in [2.24, 2.45) is 5.92 Å². The van der Waals surface area contributed by atoms with Gasteiger partial charge in [-0.15, -0.1) is 0 Å². The second-order valence-corrected chi connectivity index (χ2v) is 7.44. The highest BCUT2D eigenvalue weighted by atomic mass is 16.6. The first-order valence-electron chi connectivity index (χ1n) is 9.07. The highest BCUT2D eigenvalue weighted by Gasteiger charge is 2.42. The first-order valence-corrected chi connectivity index (χ1v) is 9.07. The molecule has 0 radical (unpaired) electrons. The van der Waals surface area contributed by atoms with Crippen LogP contribution in [-0.4, -0.2) is 57.5 Å². The first-order chi connectivity index (χ1) is 12.0. The van der Waals surface area contributed by atoms with Crippen molar-refractivity contribution in [2.75, 3.05) is 19.6 Å². The number of aromatic hydroxyl groups is 1. The van der Waals surface area contributed by atoms with Crippen LogP contribution >= 0.6 is 0 Å². The molecule has 2 unspecified atom stereocenters. The van der Waals surface area contributed by atoms with Gasteiger partial charge in [0.15, 0.2) is 0 Å². The van der Waals surface area contributed by atoms with E-state index in [0.29, 0.717) is 25.0 Å². The molecule has 0 aromatic heterocycles. The van der Waals surface area contributed by atoms with Crippen LogP contribution in [0.2, 0.25) is 0 Å². The molecule has 2 aliphatic heterocycles. The van der Waals surface area contributed by atoms with E-state index in [2.05, 4.69) is 4.90 Å². The molecule has 0 bridgehead atoms. The molecular formula is C18H23N3O4. The molecule has 1 aromatic carbocycles. The van der Waals surface area contributed by atoms with Crippen LogP contribution in [0.3, 0.4) is 0 Å². The Labute approximate surface area is 146 Å². The summed E-state index contributed by atoms with van der Waals surface area (Å²) in [5.74, 6) is -0.0498. The van der Waals surface area contributed by atoms with E-state index in [4.69, 9.17) is 0 Å². The summed E-state index contributed by atoms with van der Waals surface area (Å²) in [6.07, 6.45) is 5.91. The normalized spacial score (nSPS) is 27.0. The zero-order valence-corrected chi connectivity index (χ0v) is 14.1. The van der Waals surface area contributed by atoms with Crippen molar-refractivity contribution in [1.82, 2.24) is 9.80 Å². The molecule has 3 aliphatic rings. The number of rotatable bonds is 3. The Balaban J connectivity index is 1.48. The third-order valence-corrected chi connectivity index (χ3v) is 5.84. The van der Waals surface area contributed by atoms with E-state index in [1.54, 1.807) is 4.90 Å². The lowest BCUT2D eigenvalue weighted by Gasteiger charge is -2.47. The number of non-ortho nitro benzene ring substituents is 1. The molecule has 1 aliphatic carbocycles. The summed E-state index contributed by atoms with van der Waals surface area (Å²) in [6, 6.07) is 5.02. The maximum absolute atomic E-state index is 12.8. The van der Waals surface area contributed by atoms with E-state index in [-0.39, 0.29) is 22.9 Å². The van der Waals surface area contributed by atoms with Crippen molar-refractivity contribution in [3.63, 3.8) is 0 Å². The van der Waals surface area contributed by atoms with E-state index in [9.17, 15) is 20.0 Å². The Hall–Kier alpha value is -2.15. The number of nitro groups is 1. The van der Waals surface area contributed by atoms with Crippen molar-refractivity contribution in [2.45, 2.75) is 44.2 Å². The van der Waals surface area contributed by atoms with E-state index in [1.807, 2.05) is 0 Å². The fourth-order valence-corrected chi connectivity index (χ4v) is 4.47. The second-order valence-electron chi connectivity index (χ2n) is 7.44. The minimum Gasteiger partial charge on any atom is -0.507 e. The zero-order valence-electron chi connectivity index (χ0n) is 14.1. The second kappa shape index (κ2) is 6.29. The fraction of sp³-hybridized carbons (Fsp3) is 0.611. The summed E-state index contributed by atoms with van der Waals surface area (Å²) < 4.78 is 0. The van der Waals surface area contributed by atoms with E-state index < -0.39 is 4.92 Å². The molecular weight excluding hydrogens is 322 g/mol. The van der Waals surface area contributed by atoms with Crippen LogP contribution in [0.15, 0.2) is 18.2 Å². The van der Waals surface area contributed by atoms with Gasteiger partial charge in [0.1, 0.15) is 5.75 Å². The number of phenols is 1. The number of nitro benzene ring substituents is 1. The summed E-state index contributed by atoms with van der Waals surface area (Å²) in [7, 11) is 0. The molecule has 134 valence electrons. The lowest BCUT2D eigenvalue weighted by molar-refractivity contribution is -0.384. The molecule has 7 nitrogen and oxygen atoms in total. The largest absolute Gasteiger partial charge is 0.507 e. The average molecular weight is 345 g/mol. The lowest BCUT2D eigenvalue weighted by Crippen LogP contribution is -2.55. The summed E-state index contributed by atoms with van der Waals surface area (Å²) in [5.41, 5.74) is -0.0565.